The maximum Gasteiger partial charge on any atom is 0.490 e. The lowest BCUT2D eigenvalue weighted by Crippen LogP contribution is -2.33. The van der Waals surface area contributed by atoms with Crippen LogP contribution in [0.15, 0.2) is 77.7 Å². The number of hydrogen-bond acceptors (Lipinski definition) is 7. The Bertz CT molecular complexity index is 1780. The van der Waals surface area contributed by atoms with E-state index in [-0.39, 0.29) is 28.5 Å². The van der Waals surface area contributed by atoms with E-state index in [1.807, 2.05) is 42.5 Å². The van der Waals surface area contributed by atoms with E-state index >= 15 is 0 Å². The van der Waals surface area contributed by atoms with Crippen LogP contribution in [-0.4, -0.2) is 91.6 Å². The van der Waals surface area contributed by atoms with Crippen LogP contribution in [0.5, 0.6) is 0 Å². The van der Waals surface area contributed by atoms with Crippen LogP contribution in [0, 0.1) is 11.3 Å². The van der Waals surface area contributed by atoms with E-state index in [1.54, 1.807) is 43.3 Å². The Labute approximate surface area is 282 Å². The molecule has 0 aromatic heterocycles. The summed E-state index contributed by atoms with van der Waals surface area (Å²) in [6, 6.07) is 22.0. The Morgan fingerprint density at radius 2 is 1.40 bits per heavy atom. The Morgan fingerprint density at radius 3 is 1.86 bits per heavy atom. The number of likely N-dealkylation sites (tertiary alicyclic amines) is 1. The smallest absolute Gasteiger partial charge is 0.475 e. The van der Waals surface area contributed by atoms with Gasteiger partial charge in [0.25, 0.3) is 0 Å². The minimum Gasteiger partial charge on any atom is -0.475 e. The number of nitrogens with one attached hydrogen (secondary N) is 1. The van der Waals surface area contributed by atoms with Crippen LogP contribution in [0.2, 0.25) is 0 Å². The van der Waals surface area contributed by atoms with E-state index in [2.05, 4.69) is 4.90 Å². The summed E-state index contributed by atoms with van der Waals surface area (Å²) in [5.74, 6) is -5.65. The zero-order chi connectivity index (χ0) is 38.2. The van der Waals surface area contributed by atoms with Crippen LogP contribution in [0.3, 0.4) is 0 Å². The van der Waals surface area contributed by atoms with Gasteiger partial charge in [0.1, 0.15) is 5.84 Å². The summed E-state index contributed by atoms with van der Waals surface area (Å²) in [6.07, 6.45) is -10.2. The van der Waals surface area contributed by atoms with Gasteiger partial charge >= 0.3 is 24.3 Å². The molecule has 1 fully saturated rings. The molecule has 2 atom stereocenters. The first kappa shape index (κ1) is 41.2. The number of carbonyl (C=O) groups is 3. The van der Waals surface area contributed by atoms with Gasteiger partial charge in [0.15, 0.2) is 0 Å². The van der Waals surface area contributed by atoms with Gasteiger partial charge in [0.2, 0.25) is 15.9 Å². The standard InChI is InChI=1S/C27H31N5O3S.2C2HF3O2/c1-31(2)27(33)24-17-32(16-23(24)20-6-5-7-21(14-20)26(28)29)15-18-10-12-19(13-11-18)22-8-3-4-9-25(22)36(30,34)35;2*3-2(4,5)1(6)7/h3-14,23-24H,15-17H2,1-2H3,(H3,28,29)(H2,30,34,35);2*(H,6,7)/t23-,24+;;/m0../s1. The molecule has 0 unspecified atom stereocenters. The van der Waals surface area contributed by atoms with E-state index in [1.165, 1.54) is 6.07 Å². The van der Waals surface area contributed by atoms with E-state index in [0.717, 1.165) is 16.7 Å². The number of nitrogens with zero attached hydrogens (tertiary/aromatic N) is 2. The van der Waals surface area contributed by atoms with Crippen LogP contribution in [0.1, 0.15) is 22.6 Å². The molecule has 0 radical (unpaired) electrons. The number of alkyl halides is 6. The molecule has 4 rings (SSSR count). The topological polar surface area (TPSA) is 208 Å². The number of carbonyl (C=O) groups excluding carboxylic acids is 1. The monoisotopic (exact) mass is 733 g/mol. The number of nitrogen functional groups attached to an aromatic ring is 1. The number of benzene rings is 3. The average molecular weight is 734 g/mol. The van der Waals surface area contributed by atoms with Gasteiger partial charge in [0, 0.05) is 50.8 Å². The zero-order valence-corrected chi connectivity index (χ0v) is 27.2. The summed E-state index contributed by atoms with van der Waals surface area (Å²) >= 11 is 0. The molecule has 0 spiro atoms. The zero-order valence-electron chi connectivity index (χ0n) is 26.4. The first-order valence-corrected chi connectivity index (χ1v) is 15.7. The molecule has 19 heteroatoms. The summed E-state index contributed by atoms with van der Waals surface area (Å²) in [5.41, 5.74) is 9.74. The highest BCUT2D eigenvalue weighted by molar-refractivity contribution is 7.89. The SMILES string of the molecule is CN(C)C(=O)[C@@H]1CN(Cc2ccc(-c3ccccc3S(N)(=O)=O)cc2)C[C@H]1c1cccc(C(=N)N)c1.O=C(O)C(F)(F)F.O=C(O)C(F)(F)F. The number of halogens is 6. The molecule has 1 aliphatic heterocycles. The minimum atomic E-state index is -5.08. The highest BCUT2D eigenvalue weighted by Gasteiger charge is 2.40. The van der Waals surface area contributed by atoms with Gasteiger partial charge in [-0.3, -0.25) is 15.1 Å². The predicted octanol–water partition coefficient (Wildman–Crippen LogP) is 3.86. The van der Waals surface area contributed by atoms with Gasteiger partial charge in [-0.1, -0.05) is 60.7 Å². The van der Waals surface area contributed by atoms with Crippen LogP contribution in [0.25, 0.3) is 11.1 Å². The van der Waals surface area contributed by atoms with Gasteiger partial charge in [-0.2, -0.15) is 26.3 Å². The Kier molecular flexibility index (Phi) is 13.7. The fourth-order valence-corrected chi connectivity index (χ4v) is 5.63. The van der Waals surface area contributed by atoms with E-state index in [9.17, 15) is 39.6 Å². The van der Waals surface area contributed by atoms with Crippen molar-refractivity contribution in [3.63, 3.8) is 0 Å². The van der Waals surface area contributed by atoms with Crippen molar-refractivity contribution >= 4 is 33.7 Å². The van der Waals surface area contributed by atoms with Crippen molar-refractivity contribution in [1.29, 1.82) is 5.41 Å². The Morgan fingerprint density at radius 1 is 0.880 bits per heavy atom. The second-order valence-corrected chi connectivity index (χ2v) is 12.6. The van der Waals surface area contributed by atoms with Crippen LogP contribution < -0.4 is 10.9 Å². The normalized spacial score (nSPS) is 16.3. The van der Waals surface area contributed by atoms with Crippen molar-refractivity contribution in [2.45, 2.75) is 29.7 Å². The van der Waals surface area contributed by atoms with Crippen LogP contribution in [-0.2, 0) is 31.0 Å². The van der Waals surface area contributed by atoms with Gasteiger partial charge in [-0.15, -0.1) is 0 Å². The third-order valence-electron chi connectivity index (χ3n) is 7.13. The highest BCUT2D eigenvalue weighted by atomic mass is 32.2. The predicted molar refractivity (Wildman–Crippen MR) is 168 cm³/mol. The number of nitrogens with two attached hydrogens (primary N) is 2. The molecular weight excluding hydrogens is 700 g/mol. The third kappa shape index (κ3) is 11.8. The minimum absolute atomic E-state index is 0.00582. The summed E-state index contributed by atoms with van der Waals surface area (Å²) < 4.78 is 87.4. The van der Waals surface area contributed by atoms with Crippen molar-refractivity contribution < 1.29 is 59.4 Å². The third-order valence-corrected chi connectivity index (χ3v) is 8.10. The summed E-state index contributed by atoms with van der Waals surface area (Å²) in [5, 5.41) is 27.4. The van der Waals surface area contributed by atoms with Crippen LogP contribution in [0.4, 0.5) is 26.3 Å². The number of primary sulfonamides is 1. The molecule has 3 aromatic rings. The van der Waals surface area contributed by atoms with E-state index in [0.29, 0.717) is 30.8 Å². The molecule has 3 aromatic carbocycles. The first-order valence-electron chi connectivity index (χ1n) is 14.1. The summed E-state index contributed by atoms with van der Waals surface area (Å²) in [6.45, 7) is 1.96. The second kappa shape index (κ2) is 16.6. The number of sulfonamides is 1. The number of amidine groups is 1. The molecule has 1 aliphatic rings. The van der Waals surface area contributed by atoms with Crippen molar-refractivity contribution in [2.75, 3.05) is 27.2 Å². The van der Waals surface area contributed by atoms with Gasteiger partial charge in [-0.25, -0.2) is 23.1 Å². The van der Waals surface area contributed by atoms with Gasteiger partial charge in [0.05, 0.1) is 10.8 Å². The molecular formula is C31H33F6N5O7S. The molecule has 12 nitrogen and oxygen atoms in total. The number of carboxylic acids is 2. The lowest BCUT2D eigenvalue weighted by atomic mass is 9.87. The van der Waals surface area contributed by atoms with E-state index < -0.39 is 34.3 Å². The quantitative estimate of drug-likeness (QED) is 0.136. The largest absolute Gasteiger partial charge is 0.490 e. The first-order chi connectivity index (χ1) is 22.9. The fourth-order valence-electron chi connectivity index (χ4n) is 4.87. The van der Waals surface area contributed by atoms with Crippen LogP contribution >= 0.6 is 0 Å². The molecule has 0 aliphatic carbocycles. The number of aliphatic carboxylic acids is 2. The highest BCUT2D eigenvalue weighted by Crippen LogP contribution is 2.35. The van der Waals surface area contributed by atoms with E-state index in [4.69, 9.17) is 36.1 Å². The molecule has 7 N–H and O–H groups in total. The Balaban J connectivity index is 0.000000521. The number of amides is 1. The molecule has 1 saturated heterocycles. The molecule has 1 amide bonds. The van der Waals surface area contributed by atoms with Gasteiger partial charge in [-0.05, 0) is 28.8 Å². The number of rotatable bonds is 7. The van der Waals surface area contributed by atoms with Crippen molar-refractivity contribution in [3.8, 4) is 11.1 Å². The summed E-state index contributed by atoms with van der Waals surface area (Å²) in [7, 11) is -0.298. The summed E-state index contributed by atoms with van der Waals surface area (Å²) in [4.78, 5) is 34.8. The molecule has 0 bridgehead atoms. The van der Waals surface area contributed by atoms with Crippen molar-refractivity contribution in [1.82, 2.24) is 9.80 Å². The van der Waals surface area contributed by atoms with Crippen molar-refractivity contribution in [2.24, 2.45) is 16.8 Å². The maximum atomic E-state index is 13.0. The van der Waals surface area contributed by atoms with Gasteiger partial charge < -0.3 is 20.8 Å². The molecule has 1 heterocycles. The lowest BCUT2D eigenvalue weighted by Gasteiger charge is -2.22. The molecule has 50 heavy (non-hydrogen) atoms. The average Bonchev–Trinajstić information content (AvgIpc) is 3.44. The molecule has 0 saturated carbocycles. The molecule has 272 valence electrons. The lowest BCUT2D eigenvalue weighted by molar-refractivity contribution is -0.193. The number of carboxylic acid groups (broad SMARTS) is 2. The maximum absolute atomic E-state index is 13.0. The van der Waals surface area contributed by atoms with Crippen molar-refractivity contribution in [3.05, 3.63) is 89.5 Å². The second-order valence-electron chi connectivity index (χ2n) is 11.0. The number of hydrogen-bond donors (Lipinski definition) is 5. The Hall–Kier alpha value is -5.01. The fraction of sp³-hybridized carbons (Fsp3) is 0.290.